The largest absolute Gasteiger partial charge is 0.366 e. The Morgan fingerprint density at radius 2 is 1.90 bits per heavy atom. The lowest BCUT2D eigenvalue weighted by Crippen LogP contribution is -2.25. The van der Waals surface area contributed by atoms with Gasteiger partial charge in [0.25, 0.3) is 5.91 Å². The summed E-state index contributed by atoms with van der Waals surface area (Å²) in [5.41, 5.74) is 8.54. The molecule has 29 heavy (non-hydrogen) atoms. The molecule has 0 saturated heterocycles. The van der Waals surface area contributed by atoms with Gasteiger partial charge in [-0.05, 0) is 41.7 Å². The molecule has 0 spiro atoms. The van der Waals surface area contributed by atoms with Gasteiger partial charge in [0.05, 0.1) is 11.4 Å². The van der Waals surface area contributed by atoms with Crippen molar-refractivity contribution in [1.29, 1.82) is 0 Å². The second-order valence-corrected chi connectivity index (χ2v) is 8.13. The monoisotopic (exact) mass is 408 g/mol. The average Bonchev–Trinajstić information content (AvgIpc) is 2.90. The van der Waals surface area contributed by atoms with Gasteiger partial charge in [0, 0.05) is 17.3 Å². The summed E-state index contributed by atoms with van der Waals surface area (Å²) in [4.78, 5) is 25.5. The van der Waals surface area contributed by atoms with Gasteiger partial charge in [0.2, 0.25) is 0 Å². The number of carbonyl (C=O) groups is 2. The van der Waals surface area contributed by atoms with E-state index < -0.39 is 6.03 Å². The fourth-order valence-corrected chi connectivity index (χ4v) is 3.94. The number of anilines is 1. The molecule has 2 aromatic rings. The second kappa shape index (κ2) is 9.25. The maximum Gasteiger partial charge on any atom is 0.316 e. The lowest BCUT2D eigenvalue weighted by Gasteiger charge is -2.06. The molecule has 0 fully saturated rings. The van der Waals surface area contributed by atoms with Crippen LogP contribution in [0.3, 0.4) is 0 Å². The molecule has 2 heterocycles. The summed E-state index contributed by atoms with van der Waals surface area (Å²) in [6.07, 6.45) is 9.86. The zero-order valence-electron chi connectivity index (χ0n) is 16.4. The molecule has 3 amide bonds. The van der Waals surface area contributed by atoms with E-state index in [9.17, 15) is 9.59 Å². The molecule has 7 heteroatoms. The highest BCUT2D eigenvalue weighted by atomic mass is 32.1. The van der Waals surface area contributed by atoms with Crippen LogP contribution >= 0.6 is 11.3 Å². The molecule has 3 rings (SSSR count). The number of benzene rings is 1. The number of hydrogen-bond donors (Lipinski definition) is 4. The van der Waals surface area contributed by atoms with Gasteiger partial charge in [-0.15, -0.1) is 11.3 Å². The number of allylic oxidation sites excluding steroid dienone is 3. The first-order valence-corrected chi connectivity index (χ1v) is 10.1. The average molecular weight is 409 g/mol. The van der Waals surface area contributed by atoms with Gasteiger partial charge in [0.15, 0.2) is 0 Å². The number of carbonyl (C=O) groups excluding carboxylic acids is 2. The van der Waals surface area contributed by atoms with E-state index >= 15 is 0 Å². The molecule has 0 bridgehead atoms. The standard InChI is InChI=1S/C22H24N4O2S/c1-14(2)11-15-6-8-16(9-7-15)19-12-18(26-22(23)28)20(29-19)21(27)25-17-5-3-4-10-24-13-17/h3-10,12-14,24H,11H2,1-2H3,(H,25,27)(H3,23,26,28). The fraction of sp³-hybridized carbons (Fsp3) is 0.182. The van der Waals surface area contributed by atoms with Crippen molar-refractivity contribution in [2.24, 2.45) is 11.7 Å². The molecule has 0 atom stereocenters. The van der Waals surface area contributed by atoms with Gasteiger partial charge in [-0.3, -0.25) is 4.79 Å². The maximum absolute atomic E-state index is 12.8. The van der Waals surface area contributed by atoms with Crippen molar-refractivity contribution < 1.29 is 9.59 Å². The number of nitrogens with one attached hydrogen (secondary N) is 3. The number of primary amides is 1. The molecular weight excluding hydrogens is 384 g/mol. The summed E-state index contributed by atoms with van der Waals surface area (Å²) in [7, 11) is 0. The molecule has 1 aromatic heterocycles. The summed E-state index contributed by atoms with van der Waals surface area (Å²) in [6, 6.07) is 9.32. The zero-order valence-corrected chi connectivity index (χ0v) is 17.2. The van der Waals surface area contributed by atoms with E-state index in [1.165, 1.54) is 16.9 Å². The summed E-state index contributed by atoms with van der Waals surface area (Å²) in [6.45, 7) is 4.37. The summed E-state index contributed by atoms with van der Waals surface area (Å²) in [5, 5.41) is 8.33. The molecule has 150 valence electrons. The van der Waals surface area contributed by atoms with E-state index in [4.69, 9.17) is 5.73 Å². The highest BCUT2D eigenvalue weighted by molar-refractivity contribution is 7.18. The lowest BCUT2D eigenvalue weighted by atomic mass is 10.0. The van der Waals surface area contributed by atoms with Gasteiger partial charge in [-0.25, -0.2) is 4.79 Å². The van der Waals surface area contributed by atoms with Gasteiger partial charge >= 0.3 is 6.03 Å². The Bertz CT molecular complexity index is 985. The number of thiophene rings is 1. The summed E-state index contributed by atoms with van der Waals surface area (Å²) in [5.74, 6) is 0.266. The maximum atomic E-state index is 12.8. The van der Waals surface area contributed by atoms with Crippen LogP contribution in [0.2, 0.25) is 0 Å². The molecule has 5 N–H and O–H groups in total. The summed E-state index contributed by atoms with van der Waals surface area (Å²) >= 11 is 1.31. The van der Waals surface area contributed by atoms with E-state index in [1.54, 1.807) is 24.5 Å². The minimum atomic E-state index is -0.713. The number of nitrogens with two attached hydrogens (primary N) is 1. The predicted octanol–water partition coefficient (Wildman–Crippen LogP) is 4.35. The Hall–Kier alpha value is -3.32. The fourth-order valence-electron chi connectivity index (χ4n) is 2.93. The third-order valence-electron chi connectivity index (χ3n) is 4.15. The molecule has 0 unspecified atom stereocenters. The van der Waals surface area contributed by atoms with Crippen LogP contribution in [0, 0.1) is 5.92 Å². The van der Waals surface area contributed by atoms with Gasteiger partial charge in [-0.1, -0.05) is 44.2 Å². The Morgan fingerprint density at radius 1 is 1.14 bits per heavy atom. The highest BCUT2D eigenvalue weighted by Gasteiger charge is 2.19. The smallest absolute Gasteiger partial charge is 0.316 e. The van der Waals surface area contributed by atoms with Crippen molar-refractivity contribution in [2.75, 3.05) is 5.32 Å². The van der Waals surface area contributed by atoms with Crippen molar-refractivity contribution in [2.45, 2.75) is 20.3 Å². The Morgan fingerprint density at radius 3 is 2.59 bits per heavy atom. The van der Waals surface area contributed by atoms with Crippen LogP contribution in [0.5, 0.6) is 0 Å². The van der Waals surface area contributed by atoms with Gasteiger partial charge < -0.3 is 21.7 Å². The van der Waals surface area contributed by atoms with Crippen LogP contribution in [0.1, 0.15) is 29.1 Å². The number of urea groups is 1. The van der Waals surface area contributed by atoms with E-state index in [-0.39, 0.29) is 5.91 Å². The first kappa shape index (κ1) is 20.4. The predicted molar refractivity (Wildman–Crippen MR) is 118 cm³/mol. The van der Waals surface area contributed by atoms with Crippen molar-refractivity contribution in [3.8, 4) is 10.4 Å². The highest BCUT2D eigenvalue weighted by Crippen LogP contribution is 2.35. The number of hydrogen-bond acceptors (Lipinski definition) is 4. The van der Waals surface area contributed by atoms with Crippen molar-refractivity contribution >= 4 is 29.0 Å². The number of amides is 3. The Labute approximate surface area is 174 Å². The van der Waals surface area contributed by atoms with Crippen molar-refractivity contribution in [3.05, 3.63) is 77.1 Å². The molecule has 0 radical (unpaired) electrons. The van der Waals surface area contributed by atoms with Crippen LogP contribution in [0.15, 0.2) is 66.7 Å². The lowest BCUT2D eigenvalue weighted by molar-refractivity contribution is 0.0972. The Balaban J connectivity index is 1.86. The van der Waals surface area contributed by atoms with Crippen LogP contribution in [0.4, 0.5) is 10.5 Å². The van der Waals surface area contributed by atoms with Gasteiger partial charge in [0.1, 0.15) is 4.88 Å². The minimum Gasteiger partial charge on any atom is -0.366 e. The van der Waals surface area contributed by atoms with E-state index in [2.05, 4.69) is 41.9 Å². The quantitative estimate of drug-likeness (QED) is 0.572. The molecule has 0 aliphatic carbocycles. The zero-order chi connectivity index (χ0) is 20.8. The summed E-state index contributed by atoms with van der Waals surface area (Å²) < 4.78 is 0. The van der Waals surface area contributed by atoms with Crippen molar-refractivity contribution in [3.63, 3.8) is 0 Å². The third-order valence-corrected chi connectivity index (χ3v) is 5.34. The second-order valence-electron chi connectivity index (χ2n) is 7.08. The normalized spacial score (nSPS) is 12.9. The van der Waals surface area contributed by atoms with Crippen LogP contribution < -0.4 is 21.7 Å². The van der Waals surface area contributed by atoms with Crippen LogP contribution in [-0.2, 0) is 6.42 Å². The molecule has 1 aliphatic heterocycles. The molecule has 1 aromatic carbocycles. The minimum absolute atomic E-state index is 0.318. The van der Waals surface area contributed by atoms with Crippen LogP contribution in [-0.4, -0.2) is 11.9 Å². The number of rotatable bonds is 6. The van der Waals surface area contributed by atoms with Gasteiger partial charge in [-0.2, -0.15) is 0 Å². The SMILES string of the molecule is CC(C)Cc1ccc(-c2cc(NC(N)=O)c(C(=O)NC3=CNC=CC=C3)s2)cc1. The van der Waals surface area contributed by atoms with E-state index in [0.29, 0.717) is 22.2 Å². The first-order chi connectivity index (χ1) is 13.9. The van der Waals surface area contributed by atoms with E-state index in [1.807, 2.05) is 24.3 Å². The topological polar surface area (TPSA) is 96.2 Å². The third kappa shape index (κ3) is 5.58. The van der Waals surface area contributed by atoms with Crippen LogP contribution in [0.25, 0.3) is 10.4 Å². The Kier molecular flexibility index (Phi) is 6.51. The first-order valence-electron chi connectivity index (χ1n) is 9.33. The molecular formula is C22H24N4O2S. The molecule has 0 saturated carbocycles. The molecule has 1 aliphatic rings. The molecule has 6 nitrogen and oxygen atoms in total. The van der Waals surface area contributed by atoms with E-state index in [0.717, 1.165) is 16.9 Å². The van der Waals surface area contributed by atoms with Crippen molar-refractivity contribution in [1.82, 2.24) is 10.6 Å².